The SMILES string of the molecule is CC(C)(C)OC(=O)CN1CCC(Nc2ccc(-c3cnnc(Cl)c3)cc2)CC1. The van der Waals surface area contributed by atoms with Crippen LogP contribution in [0.25, 0.3) is 11.1 Å². The van der Waals surface area contributed by atoms with Crippen LogP contribution in [0.5, 0.6) is 0 Å². The predicted octanol–water partition coefficient (Wildman–Crippen LogP) is 4.02. The number of piperidine rings is 1. The van der Waals surface area contributed by atoms with E-state index in [0.717, 1.165) is 42.7 Å². The van der Waals surface area contributed by atoms with Gasteiger partial charge in [-0.25, -0.2) is 0 Å². The summed E-state index contributed by atoms with van der Waals surface area (Å²) in [6.07, 6.45) is 3.69. The molecule has 0 atom stereocenters. The third kappa shape index (κ3) is 6.17. The van der Waals surface area contributed by atoms with Gasteiger partial charge >= 0.3 is 5.97 Å². The van der Waals surface area contributed by atoms with Crippen LogP contribution in [0.3, 0.4) is 0 Å². The van der Waals surface area contributed by atoms with E-state index < -0.39 is 5.60 Å². The average molecular weight is 403 g/mol. The van der Waals surface area contributed by atoms with Crippen LogP contribution in [-0.4, -0.2) is 52.3 Å². The minimum Gasteiger partial charge on any atom is -0.459 e. The van der Waals surface area contributed by atoms with E-state index in [-0.39, 0.29) is 5.97 Å². The van der Waals surface area contributed by atoms with Gasteiger partial charge in [0.1, 0.15) is 5.60 Å². The molecule has 150 valence electrons. The van der Waals surface area contributed by atoms with E-state index in [0.29, 0.717) is 17.7 Å². The van der Waals surface area contributed by atoms with E-state index in [2.05, 4.69) is 32.5 Å². The highest BCUT2D eigenvalue weighted by atomic mass is 35.5. The van der Waals surface area contributed by atoms with Crippen LogP contribution in [0.2, 0.25) is 5.15 Å². The molecule has 1 aliphatic heterocycles. The smallest absolute Gasteiger partial charge is 0.320 e. The van der Waals surface area contributed by atoms with E-state index in [9.17, 15) is 4.79 Å². The maximum Gasteiger partial charge on any atom is 0.320 e. The molecular formula is C21H27ClN4O2. The number of likely N-dealkylation sites (tertiary alicyclic amines) is 1. The lowest BCUT2D eigenvalue weighted by molar-refractivity contribution is -0.156. The van der Waals surface area contributed by atoms with Crippen molar-refractivity contribution in [1.29, 1.82) is 0 Å². The second-order valence-corrected chi connectivity index (χ2v) is 8.51. The first-order chi connectivity index (χ1) is 13.3. The van der Waals surface area contributed by atoms with Gasteiger partial charge in [-0.15, -0.1) is 5.10 Å². The van der Waals surface area contributed by atoms with Gasteiger partial charge in [0.25, 0.3) is 0 Å². The number of halogens is 1. The Labute approximate surface area is 171 Å². The molecule has 1 aromatic heterocycles. The summed E-state index contributed by atoms with van der Waals surface area (Å²) >= 11 is 5.91. The van der Waals surface area contributed by atoms with E-state index in [1.807, 2.05) is 32.9 Å². The lowest BCUT2D eigenvalue weighted by Gasteiger charge is -2.33. The molecule has 0 amide bonds. The van der Waals surface area contributed by atoms with Gasteiger partial charge < -0.3 is 10.1 Å². The summed E-state index contributed by atoms with van der Waals surface area (Å²) in [7, 11) is 0. The Bertz CT molecular complexity index is 797. The lowest BCUT2D eigenvalue weighted by atomic mass is 10.0. The van der Waals surface area contributed by atoms with Crippen molar-refractivity contribution in [2.75, 3.05) is 25.0 Å². The second-order valence-electron chi connectivity index (χ2n) is 8.13. The van der Waals surface area contributed by atoms with Crippen molar-refractivity contribution >= 4 is 23.3 Å². The zero-order valence-electron chi connectivity index (χ0n) is 16.6. The quantitative estimate of drug-likeness (QED) is 0.762. The number of esters is 1. The van der Waals surface area contributed by atoms with Crippen molar-refractivity contribution in [3.8, 4) is 11.1 Å². The van der Waals surface area contributed by atoms with Gasteiger partial charge in [0.2, 0.25) is 0 Å². The van der Waals surface area contributed by atoms with Crippen LogP contribution in [0.4, 0.5) is 5.69 Å². The Morgan fingerprint density at radius 2 is 1.89 bits per heavy atom. The van der Waals surface area contributed by atoms with E-state index in [1.165, 1.54) is 0 Å². The molecule has 1 fully saturated rings. The molecule has 0 unspecified atom stereocenters. The van der Waals surface area contributed by atoms with Gasteiger partial charge in [0.15, 0.2) is 5.15 Å². The van der Waals surface area contributed by atoms with Gasteiger partial charge in [-0.2, -0.15) is 5.10 Å². The third-order valence-corrected chi connectivity index (χ3v) is 4.76. The number of nitrogens with zero attached hydrogens (tertiary/aromatic N) is 3. The second kappa shape index (κ2) is 8.88. The van der Waals surface area contributed by atoms with E-state index >= 15 is 0 Å². The highest BCUT2D eigenvalue weighted by Gasteiger charge is 2.23. The number of benzene rings is 1. The third-order valence-electron chi connectivity index (χ3n) is 4.57. The van der Waals surface area contributed by atoms with E-state index in [1.54, 1.807) is 12.3 Å². The zero-order valence-corrected chi connectivity index (χ0v) is 17.4. The van der Waals surface area contributed by atoms with Crippen molar-refractivity contribution in [2.45, 2.75) is 45.3 Å². The molecule has 0 aliphatic carbocycles. The fourth-order valence-electron chi connectivity index (χ4n) is 3.28. The van der Waals surface area contributed by atoms with Crippen LogP contribution in [0.15, 0.2) is 36.5 Å². The minimum absolute atomic E-state index is 0.153. The molecule has 0 saturated carbocycles. The number of nitrogens with one attached hydrogen (secondary N) is 1. The Balaban J connectivity index is 1.48. The number of hydrogen-bond donors (Lipinski definition) is 1. The molecule has 7 heteroatoms. The van der Waals surface area contributed by atoms with Gasteiger partial charge in [-0.05, 0) is 57.4 Å². The van der Waals surface area contributed by atoms with Gasteiger partial charge in [-0.3, -0.25) is 9.69 Å². The summed E-state index contributed by atoms with van der Waals surface area (Å²) in [5.41, 5.74) is 2.65. The molecular weight excluding hydrogens is 376 g/mol. The Hall–Kier alpha value is -2.18. The topological polar surface area (TPSA) is 67.3 Å². The summed E-state index contributed by atoms with van der Waals surface area (Å²) < 4.78 is 5.41. The van der Waals surface area contributed by atoms with Crippen molar-refractivity contribution in [1.82, 2.24) is 15.1 Å². The molecule has 1 aromatic carbocycles. The molecule has 3 rings (SSSR count). The van der Waals surface area contributed by atoms with Gasteiger partial charge in [0.05, 0.1) is 12.7 Å². The lowest BCUT2D eigenvalue weighted by Crippen LogP contribution is -2.42. The van der Waals surface area contributed by atoms with E-state index in [4.69, 9.17) is 16.3 Å². The van der Waals surface area contributed by atoms with Crippen LogP contribution >= 0.6 is 11.6 Å². The summed E-state index contributed by atoms with van der Waals surface area (Å²) in [4.78, 5) is 14.1. The highest BCUT2D eigenvalue weighted by molar-refractivity contribution is 6.29. The maximum absolute atomic E-state index is 12.0. The van der Waals surface area contributed by atoms with Crippen LogP contribution in [0.1, 0.15) is 33.6 Å². The first-order valence-electron chi connectivity index (χ1n) is 9.58. The predicted molar refractivity (Wildman–Crippen MR) is 111 cm³/mol. The fraction of sp³-hybridized carbons (Fsp3) is 0.476. The summed E-state index contributed by atoms with van der Waals surface area (Å²) in [6.45, 7) is 7.82. The summed E-state index contributed by atoms with van der Waals surface area (Å²) in [5, 5.41) is 11.6. The number of rotatable bonds is 5. The van der Waals surface area contributed by atoms with Crippen molar-refractivity contribution < 1.29 is 9.53 Å². The zero-order chi connectivity index (χ0) is 20.1. The van der Waals surface area contributed by atoms with Crippen LogP contribution in [0, 0.1) is 0 Å². The summed E-state index contributed by atoms with van der Waals surface area (Å²) in [6, 6.07) is 10.4. The molecule has 1 N–H and O–H groups in total. The Morgan fingerprint density at radius 3 is 2.50 bits per heavy atom. The molecule has 0 bridgehead atoms. The molecule has 28 heavy (non-hydrogen) atoms. The number of carbonyl (C=O) groups excluding carboxylic acids is 1. The Kier molecular flexibility index (Phi) is 6.52. The molecule has 0 spiro atoms. The molecule has 6 nitrogen and oxygen atoms in total. The summed E-state index contributed by atoms with van der Waals surface area (Å²) in [5.74, 6) is -0.153. The first kappa shape index (κ1) is 20.6. The fourth-order valence-corrected chi connectivity index (χ4v) is 3.45. The van der Waals surface area contributed by atoms with Gasteiger partial charge in [0, 0.05) is 30.4 Å². The number of hydrogen-bond acceptors (Lipinski definition) is 6. The Morgan fingerprint density at radius 1 is 1.21 bits per heavy atom. The average Bonchev–Trinajstić information content (AvgIpc) is 2.62. The van der Waals surface area contributed by atoms with Crippen molar-refractivity contribution in [3.05, 3.63) is 41.7 Å². The molecule has 2 heterocycles. The monoisotopic (exact) mass is 402 g/mol. The van der Waals surface area contributed by atoms with Crippen LogP contribution in [-0.2, 0) is 9.53 Å². The van der Waals surface area contributed by atoms with Crippen LogP contribution < -0.4 is 5.32 Å². The number of aromatic nitrogens is 2. The molecule has 2 aromatic rings. The van der Waals surface area contributed by atoms with Crippen molar-refractivity contribution in [2.24, 2.45) is 0 Å². The normalized spacial score (nSPS) is 16.0. The first-order valence-corrected chi connectivity index (χ1v) is 9.96. The number of carbonyl (C=O) groups is 1. The minimum atomic E-state index is -0.430. The highest BCUT2D eigenvalue weighted by Crippen LogP contribution is 2.23. The standard InChI is InChI=1S/C21H27ClN4O2/c1-21(2,3)28-20(27)14-26-10-8-18(9-11-26)24-17-6-4-15(5-7-17)16-12-19(22)25-23-13-16/h4-7,12-13,18,24H,8-11,14H2,1-3H3. The largest absolute Gasteiger partial charge is 0.459 e. The molecule has 1 aliphatic rings. The van der Waals surface area contributed by atoms with Crippen molar-refractivity contribution in [3.63, 3.8) is 0 Å². The molecule has 1 saturated heterocycles. The molecule has 0 radical (unpaired) electrons. The number of anilines is 1. The number of ether oxygens (including phenoxy) is 1. The van der Waals surface area contributed by atoms with Gasteiger partial charge in [-0.1, -0.05) is 23.7 Å². The maximum atomic E-state index is 12.0.